The number of carbonyl (C=O) groups excluding carboxylic acids is 2. The van der Waals surface area contributed by atoms with Gasteiger partial charge in [0.2, 0.25) is 11.8 Å². The number of allylic oxidation sites excluding steroid dienone is 2. The van der Waals surface area contributed by atoms with Crippen LogP contribution >= 0.6 is 0 Å². The number of aromatic nitrogens is 1. The first kappa shape index (κ1) is 28.2. The Bertz CT molecular complexity index is 1300. The maximum atomic E-state index is 14.3. The molecule has 1 aromatic carbocycles. The number of amides is 2. The van der Waals surface area contributed by atoms with E-state index in [1.807, 2.05) is 18.9 Å². The summed E-state index contributed by atoms with van der Waals surface area (Å²) in [5.41, 5.74) is 4.03. The molecule has 3 N–H and O–H groups in total. The fourth-order valence-electron chi connectivity index (χ4n) is 4.94. The van der Waals surface area contributed by atoms with Gasteiger partial charge in [0.05, 0.1) is 12.2 Å². The Hall–Kier alpha value is -3.77. The number of rotatable bonds is 7. The van der Waals surface area contributed by atoms with Gasteiger partial charge in [0.1, 0.15) is 17.1 Å². The molecular formula is C27H29F4N5O3. The topological polar surface area (TPSA) is 101 Å². The van der Waals surface area contributed by atoms with Gasteiger partial charge >= 0.3 is 6.36 Å². The molecule has 1 fully saturated rings. The predicted molar refractivity (Wildman–Crippen MR) is 135 cm³/mol. The van der Waals surface area contributed by atoms with Crippen LogP contribution in [0.2, 0.25) is 0 Å². The standard InChI is InChI=1S/C27H29F4N5O3/c1-17-15-35(2)11-12-36(17)16-24(37)34-26(13-18(25(32)38)7-10-23(26)39-27(29,30)31)19-8-9-22(33-14-19)20-5-3-4-6-21(20)28/h3-10,14,17H,11-13,15-16H2,1-2H3,(H2,32,38)(H,34,37). The fraction of sp³-hybridized carbons (Fsp3) is 0.370. The summed E-state index contributed by atoms with van der Waals surface area (Å²) in [5, 5.41) is 2.71. The molecular weight excluding hydrogens is 518 g/mol. The van der Waals surface area contributed by atoms with Gasteiger partial charge in [0.15, 0.2) is 0 Å². The first-order valence-corrected chi connectivity index (χ1v) is 12.3. The largest absolute Gasteiger partial charge is 0.572 e. The number of likely N-dealkylation sites (N-methyl/N-ethyl adjacent to an activating group) is 1. The van der Waals surface area contributed by atoms with Crippen molar-refractivity contribution < 1.29 is 31.9 Å². The van der Waals surface area contributed by atoms with Crippen molar-refractivity contribution in [2.75, 3.05) is 33.2 Å². The number of benzene rings is 1. The molecule has 1 aliphatic heterocycles. The second-order valence-corrected chi connectivity index (χ2v) is 9.76. The van der Waals surface area contributed by atoms with Crippen molar-refractivity contribution in [3.63, 3.8) is 0 Å². The summed E-state index contributed by atoms with van der Waals surface area (Å²) in [5.74, 6) is -2.62. The highest BCUT2D eigenvalue weighted by Crippen LogP contribution is 2.42. The average molecular weight is 548 g/mol. The van der Waals surface area contributed by atoms with E-state index in [0.717, 1.165) is 25.2 Å². The summed E-state index contributed by atoms with van der Waals surface area (Å²) in [6, 6.07) is 8.79. The molecule has 208 valence electrons. The van der Waals surface area contributed by atoms with Crippen LogP contribution in [0.15, 0.2) is 66.1 Å². The molecule has 2 aromatic rings. The van der Waals surface area contributed by atoms with Gasteiger partial charge in [0.25, 0.3) is 0 Å². The van der Waals surface area contributed by atoms with Crippen molar-refractivity contribution in [2.24, 2.45) is 5.73 Å². The van der Waals surface area contributed by atoms with Crippen molar-refractivity contribution in [1.82, 2.24) is 20.1 Å². The minimum absolute atomic E-state index is 0.0176. The summed E-state index contributed by atoms with van der Waals surface area (Å²) in [7, 11) is 1.96. The van der Waals surface area contributed by atoms with E-state index in [4.69, 9.17) is 5.73 Å². The van der Waals surface area contributed by atoms with E-state index in [-0.39, 0.29) is 35.0 Å². The predicted octanol–water partition coefficient (Wildman–Crippen LogP) is 3.07. The van der Waals surface area contributed by atoms with Crippen LogP contribution in [0.3, 0.4) is 0 Å². The number of ether oxygens (including phenoxy) is 1. The summed E-state index contributed by atoms with van der Waals surface area (Å²) < 4.78 is 59.3. The fourth-order valence-corrected chi connectivity index (χ4v) is 4.94. The number of carbonyl (C=O) groups is 2. The lowest BCUT2D eigenvalue weighted by atomic mass is 9.78. The van der Waals surface area contributed by atoms with Crippen molar-refractivity contribution in [2.45, 2.75) is 31.3 Å². The number of nitrogens with one attached hydrogen (secondary N) is 1. The van der Waals surface area contributed by atoms with E-state index in [1.54, 1.807) is 6.07 Å². The lowest BCUT2D eigenvalue weighted by Gasteiger charge is -2.41. The molecule has 4 rings (SSSR count). The van der Waals surface area contributed by atoms with E-state index in [2.05, 4.69) is 19.9 Å². The maximum Gasteiger partial charge on any atom is 0.572 e. The monoisotopic (exact) mass is 547 g/mol. The number of piperazine rings is 1. The van der Waals surface area contributed by atoms with Gasteiger partial charge in [-0.15, -0.1) is 13.2 Å². The van der Waals surface area contributed by atoms with Crippen LogP contribution in [-0.4, -0.2) is 72.2 Å². The minimum atomic E-state index is -5.09. The molecule has 39 heavy (non-hydrogen) atoms. The summed E-state index contributed by atoms with van der Waals surface area (Å²) in [6.45, 7) is 3.89. The van der Waals surface area contributed by atoms with Crippen molar-refractivity contribution in [1.29, 1.82) is 0 Å². The second-order valence-electron chi connectivity index (χ2n) is 9.76. The zero-order valence-corrected chi connectivity index (χ0v) is 21.5. The number of nitrogens with zero attached hydrogens (tertiary/aromatic N) is 3. The van der Waals surface area contributed by atoms with Crippen molar-refractivity contribution in [3.05, 3.63) is 77.5 Å². The van der Waals surface area contributed by atoms with Gasteiger partial charge in [-0.05, 0) is 38.2 Å². The van der Waals surface area contributed by atoms with Crippen LogP contribution in [0.4, 0.5) is 17.6 Å². The lowest BCUT2D eigenvalue weighted by molar-refractivity contribution is -0.310. The molecule has 2 atom stereocenters. The molecule has 8 nitrogen and oxygen atoms in total. The highest BCUT2D eigenvalue weighted by molar-refractivity contribution is 5.93. The van der Waals surface area contributed by atoms with E-state index in [1.165, 1.54) is 36.5 Å². The van der Waals surface area contributed by atoms with Crippen LogP contribution in [-0.2, 0) is 19.9 Å². The molecule has 1 aliphatic carbocycles. The molecule has 0 spiro atoms. The van der Waals surface area contributed by atoms with Gasteiger partial charge in [-0.3, -0.25) is 19.5 Å². The number of alkyl halides is 3. The van der Waals surface area contributed by atoms with Gasteiger partial charge in [0, 0.05) is 55.0 Å². The van der Waals surface area contributed by atoms with Gasteiger partial charge < -0.3 is 20.7 Å². The van der Waals surface area contributed by atoms with Gasteiger partial charge in [-0.2, -0.15) is 0 Å². The second kappa shape index (κ2) is 11.1. The van der Waals surface area contributed by atoms with E-state index >= 15 is 0 Å². The Morgan fingerprint density at radius 2 is 1.92 bits per heavy atom. The maximum absolute atomic E-state index is 14.3. The van der Waals surface area contributed by atoms with E-state index < -0.39 is 41.7 Å². The smallest absolute Gasteiger partial charge is 0.407 e. The van der Waals surface area contributed by atoms with E-state index in [9.17, 15) is 27.2 Å². The third-order valence-corrected chi connectivity index (χ3v) is 6.93. The van der Waals surface area contributed by atoms with Crippen molar-refractivity contribution >= 4 is 11.8 Å². The summed E-state index contributed by atoms with van der Waals surface area (Å²) in [4.78, 5) is 33.8. The summed E-state index contributed by atoms with van der Waals surface area (Å²) >= 11 is 0. The molecule has 2 amide bonds. The molecule has 1 aromatic heterocycles. The number of hydrogen-bond donors (Lipinski definition) is 2. The van der Waals surface area contributed by atoms with E-state index in [0.29, 0.717) is 6.54 Å². The molecule has 2 aliphatic rings. The van der Waals surface area contributed by atoms with Gasteiger partial charge in [-0.25, -0.2) is 4.39 Å². The molecule has 1 saturated heterocycles. The Morgan fingerprint density at radius 1 is 1.18 bits per heavy atom. The Kier molecular flexibility index (Phi) is 8.07. The highest BCUT2D eigenvalue weighted by Gasteiger charge is 2.47. The van der Waals surface area contributed by atoms with Crippen LogP contribution < -0.4 is 11.1 Å². The number of pyridine rings is 1. The molecule has 0 bridgehead atoms. The third-order valence-electron chi connectivity index (χ3n) is 6.93. The molecule has 2 heterocycles. The normalized spacial score (nSPS) is 22.6. The third kappa shape index (κ3) is 6.45. The molecule has 0 radical (unpaired) electrons. The highest BCUT2D eigenvalue weighted by atomic mass is 19.4. The van der Waals surface area contributed by atoms with Gasteiger partial charge in [-0.1, -0.05) is 24.3 Å². The first-order valence-electron chi connectivity index (χ1n) is 12.3. The SMILES string of the molecule is CC1CN(C)CCN1CC(=O)NC1(c2ccc(-c3ccccc3F)nc2)CC(C(N)=O)=CC=C1OC(F)(F)F. The average Bonchev–Trinajstić information content (AvgIpc) is 2.86. The minimum Gasteiger partial charge on any atom is -0.407 e. The molecule has 0 saturated carbocycles. The summed E-state index contributed by atoms with van der Waals surface area (Å²) in [6.07, 6.45) is -2.16. The number of hydrogen-bond acceptors (Lipinski definition) is 6. The molecule has 2 unspecified atom stereocenters. The van der Waals surface area contributed by atoms with Crippen LogP contribution in [0.1, 0.15) is 18.9 Å². The zero-order chi connectivity index (χ0) is 28.4. The number of primary amides is 1. The Balaban J connectivity index is 1.74. The Labute approximate surface area is 223 Å². The lowest BCUT2D eigenvalue weighted by Crippen LogP contribution is -2.56. The number of nitrogens with two attached hydrogens (primary N) is 1. The number of halogens is 4. The first-order chi connectivity index (χ1) is 18.4. The van der Waals surface area contributed by atoms with Crippen LogP contribution in [0.5, 0.6) is 0 Å². The Morgan fingerprint density at radius 3 is 2.54 bits per heavy atom. The van der Waals surface area contributed by atoms with Crippen LogP contribution in [0, 0.1) is 5.82 Å². The van der Waals surface area contributed by atoms with Crippen LogP contribution in [0.25, 0.3) is 11.3 Å². The zero-order valence-electron chi connectivity index (χ0n) is 21.5. The molecule has 12 heteroatoms. The van der Waals surface area contributed by atoms with Crippen molar-refractivity contribution in [3.8, 4) is 11.3 Å². The quantitative estimate of drug-likeness (QED) is 0.517.